The van der Waals surface area contributed by atoms with E-state index in [-0.39, 0.29) is 35.7 Å². The highest BCUT2D eigenvalue weighted by Crippen LogP contribution is 2.26. The average molecular weight is 479 g/mol. The van der Waals surface area contributed by atoms with Crippen LogP contribution in [0.4, 0.5) is 14.5 Å². The summed E-state index contributed by atoms with van der Waals surface area (Å²) >= 11 is 0. The van der Waals surface area contributed by atoms with E-state index in [4.69, 9.17) is 0 Å². The van der Waals surface area contributed by atoms with Gasteiger partial charge in [0.25, 0.3) is 0 Å². The van der Waals surface area contributed by atoms with Crippen molar-refractivity contribution in [3.63, 3.8) is 0 Å². The molecule has 0 saturated carbocycles. The van der Waals surface area contributed by atoms with Gasteiger partial charge in [-0.3, -0.25) is 4.99 Å². The van der Waals surface area contributed by atoms with Crippen LogP contribution in [0.5, 0.6) is 0 Å². The highest BCUT2D eigenvalue weighted by atomic mass is 127. The summed E-state index contributed by atoms with van der Waals surface area (Å²) in [5, 5.41) is 6.76. The molecule has 1 aromatic carbocycles. The van der Waals surface area contributed by atoms with Gasteiger partial charge in [0.15, 0.2) is 5.96 Å². The second kappa shape index (κ2) is 9.68. The Morgan fingerprint density at radius 2 is 1.92 bits per heavy atom. The van der Waals surface area contributed by atoms with Gasteiger partial charge < -0.3 is 20.4 Å². The van der Waals surface area contributed by atoms with Crippen molar-refractivity contribution in [3.05, 3.63) is 29.8 Å². The highest BCUT2D eigenvalue weighted by Gasteiger charge is 2.27. The minimum Gasteiger partial charge on any atom is -0.365 e. The van der Waals surface area contributed by atoms with Gasteiger partial charge in [0.1, 0.15) is 17.3 Å². The lowest BCUT2D eigenvalue weighted by molar-refractivity contribution is 0.393. The molecule has 2 saturated heterocycles. The third kappa shape index (κ3) is 5.18. The van der Waals surface area contributed by atoms with Crippen molar-refractivity contribution in [2.75, 3.05) is 51.7 Å². The van der Waals surface area contributed by atoms with E-state index < -0.39 is 11.6 Å². The maximum atomic E-state index is 13.9. The highest BCUT2D eigenvalue weighted by molar-refractivity contribution is 14.0. The van der Waals surface area contributed by atoms with E-state index in [2.05, 4.69) is 27.6 Å². The number of anilines is 1. The van der Waals surface area contributed by atoms with Crippen molar-refractivity contribution in [2.45, 2.75) is 18.9 Å². The molecule has 1 aromatic rings. The second-order valence-corrected chi connectivity index (χ2v) is 7.02. The lowest BCUT2D eigenvalue weighted by atomic mass is 10.1. The summed E-state index contributed by atoms with van der Waals surface area (Å²) in [5.41, 5.74) is 0.0729. The Hall–Kier alpha value is -1.16. The van der Waals surface area contributed by atoms with Crippen LogP contribution in [-0.4, -0.2) is 63.7 Å². The normalized spacial score (nSPS) is 23.8. The van der Waals surface area contributed by atoms with Crippen molar-refractivity contribution >= 4 is 35.6 Å². The molecule has 0 spiro atoms. The predicted molar refractivity (Wildman–Crippen MR) is 112 cm³/mol. The summed E-state index contributed by atoms with van der Waals surface area (Å²) in [7, 11) is 3.89. The Labute approximate surface area is 171 Å². The smallest absolute Gasteiger partial charge is 0.191 e. The van der Waals surface area contributed by atoms with Crippen molar-refractivity contribution in [1.29, 1.82) is 0 Å². The van der Waals surface area contributed by atoms with Gasteiger partial charge in [-0.15, -0.1) is 24.0 Å². The lowest BCUT2D eigenvalue weighted by Crippen LogP contribution is -2.46. The molecule has 0 aliphatic carbocycles. The van der Waals surface area contributed by atoms with Crippen molar-refractivity contribution in [2.24, 2.45) is 10.9 Å². The van der Waals surface area contributed by atoms with Gasteiger partial charge >= 0.3 is 0 Å². The second-order valence-electron chi connectivity index (χ2n) is 7.02. The van der Waals surface area contributed by atoms with Crippen LogP contribution in [0.15, 0.2) is 23.2 Å². The fourth-order valence-corrected chi connectivity index (χ4v) is 3.69. The van der Waals surface area contributed by atoms with Gasteiger partial charge in [0.05, 0.1) is 0 Å². The van der Waals surface area contributed by atoms with E-state index in [0.29, 0.717) is 19.0 Å². The molecule has 0 aromatic heterocycles. The average Bonchev–Trinajstić information content (AvgIpc) is 3.20. The predicted octanol–water partition coefficient (Wildman–Crippen LogP) is 2.28. The molecular weight excluding hydrogens is 451 g/mol. The fourth-order valence-electron chi connectivity index (χ4n) is 3.69. The standard InChI is InChI=1S/C18H27F2N5.HI/c1-21-18(22-10-13-6-8-24(2)11-13)23-14-7-9-25(12-14)17-15(19)4-3-5-16(17)20;/h3-5,13-14H,6-12H2,1-2H3,(H2,21,22,23);1H. The molecule has 3 rings (SSSR count). The van der Waals surface area contributed by atoms with Crippen molar-refractivity contribution in [3.8, 4) is 0 Å². The summed E-state index contributed by atoms with van der Waals surface area (Å²) in [6, 6.07) is 4.12. The van der Waals surface area contributed by atoms with E-state index in [1.807, 2.05) is 0 Å². The maximum absolute atomic E-state index is 13.9. The summed E-state index contributed by atoms with van der Waals surface area (Å²) in [6.45, 7) is 4.32. The van der Waals surface area contributed by atoms with E-state index in [1.165, 1.54) is 24.6 Å². The molecule has 0 bridgehead atoms. The Balaban J connectivity index is 0.00000243. The van der Waals surface area contributed by atoms with Gasteiger partial charge in [-0.2, -0.15) is 0 Å². The number of para-hydroxylation sites is 1. The number of hydrogen-bond donors (Lipinski definition) is 2. The molecule has 8 heteroatoms. The summed E-state index contributed by atoms with van der Waals surface area (Å²) < 4.78 is 27.9. The topological polar surface area (TPSA) is 42.9 Å². The van der Waals surface area contributed by atoms with E-state index in [0.717, 1.165) is 32.0 Å². The SMILES string of the molecule is CN=C(NCC1CCN(C)C1)NC1CCN(c2c(F)cccc2F)C1.I. The molecule has 146 valence electrons. The number of halogens is 3. The van der Waals surface area contributed by atoms with Crippen LogP contribution in [0, 0.1) is 17.6 Å². The van der Waals surface area contributed by atoms with Crippen LogP contribution in [0.3, 0.4) is 0 Å². The molecule has 2 atom stereocenters. The Kier molecular flexibility index (Phi) is 7.87. The zero-order chi connectivity index (χ0) is 17.8. The van der Waals surface area contributed by atoms with E-state index >= 15 is 0 Å². The van der Waals surface area contributed by atoms with Gasteiger partial charge in [-0.25, -0.2) is 8.78 Å². The zero-order valence-corrected chi connectivity index (χ0v) is 17.7. The monoisotopic (exact) mass is 479 g/mol. The quantitative estimate of drug-likeness (QED) is 0.395. The number of benzene rings is 1. The van der Waals surface area contributed by atoms with Gasteiger partial charge in [0.2, 0.25) is 0 Å². The Morgan fingerprint density at radius 3 is 2.54 bits per heavy atom. The van der Waals surface area contributed by atoms with Gasteiger partial charge in [-0.1, -0.05) is 6.07 Å². The molecule has 2 fully saturated rings. The molecular formula is C18H28F2IN5. The number of nitrogens with zero attached hydrogens (tertiary/aromatic N) is 3. The number of aliphatic imine (C=N–C) groups is 1. The maximum Gasteiger partial charge on any atom is 0.191 e. The number of nitrogens with one attached hydrogen (secondary N) is 2. The van der Waals surface area contributed by atoms with E-state index in [9.17, 15) is 8.78 Å². The minimum absolute atomic E-state index is 0. The number of rotatable bonds is 4. The number of guanidine groups is 1. The molecule has 2 unspecified atom stereocenters. The molecule has 0 radical (unpaired) electrons. The first kappa shape index (κ1) is 21.1. The third-order valence-electron chi connectivity index (χ3n) is 5.05. The van der Waals surface area contributed by atoms with Crippen LogP contribution < -0.4 is 15.5 Å². The molecule has 2 N–H and O–H groups in total. The van der Waals surface area contributed by atoms with Gasteiger partial charge in [-0.05, 0) is 44.5 Å². The number of hydrogen-bond acceptors (Lipinski definition) is 3. The Bertz CT molecular complexity index is 607. The van der Waals surface area contributed by atoms with Crippen molar-refractivity contribution in [1.82, 2.24) is 15.5 Å². The molecule has 2 heterocycles. The number of likely N-dealkylation sites (tertiary alicyclic amines) is 1. The molecule has 0 amide bonds. The molecule has 26 heavy (non-hydrogen) atoms. The van der Waals surface area contributed by atoms with E-state index in [1.54, 1.807) is 11.9 Å². The van der Waals surface area contributed by atoms with Crippen LogP contribution in [-0.2, 0) is 0 Å². The van der Waals surface area contributed by atoms with Crippen molar-refractivity contribution < 1.29 is 8.78 Å². The van der Waals surface area contributed by atoms with Gasteiger partial charge in [0, 0.05) is 39.3 Å². The fraction of sp³-hybridized carbons (Fsp3) is 0.611. The molecule has 5 nitrogen and oxygen atoms in total. The zero-order valence-electron chi connectivity index (χ0n) is 15.3. The third-order valence-corrected chi connectivity index (χ3v) is 5.05. The first-order chi connectivity index (χ1) is 12.1. The van der Waals surface area contributed by atoms with Crippen LogP contribution >= 0.6 is 24.0 Å². The molecule has 2 aliphatic rings. The summed E-state index contributed by atoms with van der Waals surface area (Å²) in [5.74, 6) is 0.383. The first-order valence-electron chi connectivity index (χ1n) is 8.91. The Morgan fingerprint density at radius 1 is 1.19 bits per heavy atom. The van der Waals surface area contributed by atoms with Crippen LogP contribution in [0.1, 0.15) is 12.8 Å². The summed E-state index contributed by atoms with van der Waals surface area (Å²) in [6.07, 6.45) is 2.02. The molecule has 2 aliphatic heterocycles. The van der Waals surface area contributed by atoms with Crippen LogP contribution in [0.25, 0.3) is 0 Å². The minimum atomic E-state index is -0.506. The first-order valence-corrected chi connectivity index (χ1v) is 8.91. The summed E-state index contributed by atoms with van der Waals surface area (Å²) in [4.78, 5) is 8.38. The largest absolute Gasteiger partial charge is 0.365 e. The van der Waals surface area contributed by atoms with Crippen LogP contribution in [0.2, 0.25) is 0 Å². The lowest BCUT2D eigenvalue weighted by Gasteiger charge is -2.22.